The second kappa shape index (κ2) is 7.72. The Hall–Kier alpha value is -2.30. The molecule has 1 aromatic heterocycles. The van der Waals surface area contributed by atoms with Crippen LogP contribution in [0.15, 0.2) is 36.7 Å². The summed E-state index contributed by atoms with van der Waals surface area (Å²) in [5.41, 5.74) is 1.15. The zero-order valence-corrected chi connectivity index (χ0v) is 15.3. The molecule has 134 valence electrons. The number of rotatable bonds is 7. The molecule has 0 atom stereocenters. The second-order valence-electron chi connectivity index (χ2n) is 7.01. The summed E-state index contributed by atoms with van der Waals surface area (Å²) in [6.45, 7) is 5.43. The minimum absolute atomic E-state index is 0.176. The van der Waals surface area contributed by atoms with Gasteiger partial charge in [0.2, 0.25) is 5.91 Å². The van der Waals surface area contributed by atoms with Gasteiger partial charge >= 0.3 is 0 Å². The molecule has 5 nitrogen and oxygen atoms in total. The number of hydrogen-bond donors (Lipinski definition) is 0. The van der Waals surface area contributed by atoms with E-state index in [2.05, 4.69) is 29.5 Å². The number of imidazole rings is 1. The summed E-state index contributed by atoms with van der Waals surface area (Å²) in [4.78, 5) is 19.2. The lowest BCUT2D eigenvalue weighted by molar-refractivity contribution is -0.140. The minimum atomic E-state index is 0.176. The van der Waals surface area contributed by atoms with Gasteiger partial charge in [-0.25, -0.2) is 4.98 Å². The van der Waals surface area contributed by atoms with E-state index in [-0.39, 0.29) is 17.9 Å². The summed E-state index contributed by atoms with van der Waals surface area (Å²) < 4.78 is 7.41. The fourth-order valence-corrected chi connectivity index (χ4v) is 3.16. The number of nitrogens with zero attached hydrogens (tertiary/aromatic N) is 3. The van der Waals surface area contributed by atoms with Crippen molar-refractivity contribution in [2.24, 2.45) is 5.92 Å². The van der Waals surface area contributed by atoms with Gasteiger partial charge in [-0.15, -0.1) is 0 Å². The third-order valence-electron chi connectivity index (χ3n) is 4.96. The summed E-state index contributed by atoms with van der Waals surface area (Å²) in [5.74, 6) is 2.26. The van der Waals surface area contributed by atoms with Crippen molar-refractivity contribution >= 4 is 5.91 Å². The van der Waals surface area contributed by atoms with Crippen molar-refractivity contribution in [3.05, 3.63) is 48.0 Å². The molecule has 0 aliphatic heterocycles. The monoisotopic (exact) mass is 341 g/mol. The number of ether oxygens (including phenoxy) is 1. The van der Waals surface area contributed by atoms with Crippen LogP contribution >= 0.6 is 0 Å². The fraction of sp³-hybridized carbons (Fsp3) is 0.500. The number of carbonyl (C=O) groups is 1. The molecule has 0 unspecified atom stereocenters. The van der Waals surface area contributed by atoms with Crippen molar-refractivity contribution in [1.29, 1.82) is 0 Å². The van der Waals surface area contributed by atoms with E-state index in [1.54, 1.807) is 7.11 Å². The van der Waals surface area contributed by atoms with E-state index in [0.29, 0.717) is 6.54 Å². The molecule has 0 spiro atoms. The molecule has 0 saturated heterocycles. The topological polar surface area (TPSA) is 47.4 Å². The van der Waals surface area contributed by atoms with E-state index in [9.17, 15) is 4.79 Å². The zero-order valence-electron chi connectivity index (χ0n) is 15.3. The Balaban J connectivity index is 1.74. The van der Waals surface area contributed by atoms with Gasteiger partial charge in [0, 0.05) is 30.9 Å². The lowest BCUT2D eigenvalue weighted by Gasteiger charge is -2.34. The van der Waals surface area contributed by atoms with Gasteiger partial charge in [-0.3, -0.25) is 4.79 Å². The highest BCUT2D eigenvalue weighted by Gasteiger charge is 2.31. The summed E-state index contributed by atoms with van der Waals surface area (Å²) in [6, 6.07) is 8.21. The van der Waals surface area contributed by atoms with Gasteiger partial charge in [0.05, 0.1) is 13.7 Å². The predicted octanol–water partition coefficient (Wildman–Crippen LogP) is 3.48. The van der Waals surface area contributed by atoms with Crippen LogP contribution in [0.3, 0.4) is 0 Å². The molecule has 5 heteroatoms. The summed E-state index contributed by atoms with van der Waals surface area (Å²) >= 11 is 0. The predicted molar refractivity (Wildman–Crippen MR) is 97.4 cm³/mol. The number of hydrogen-bond acceptors (Lipinski definition) is 3. The molecule has 0 N–H and O–H groups in total. The van der Waals surface area contributed by atoms with Crippen molar-refractivity contribution in [2.45, 2.75) is 52.2 Å². The van der Waals surface area contributed by atoms with Gasteiger partial charge in [-0.1, -0.05) is 18.6 Å². The SMILES string of the molecule is COc1cccc(Cn2ccnc2CN(C(=O)C2CCC2)C(C)C)c1. The van der Waals surface area contributed by atoms with Crippen LogP contribution in [0.25, 0.3) is 0 Å². The number of methoxy groups -OCH3 is 1. The lowest BCUT2D eigenvalue weighted by Crippen LogP contribution is -2.43. The average molecular weight is 341 g/mol. The highest BCUT2D eigenvalue weighted by Crippen LogP contribution is 2.29. The Bertz CT molecular complexity index is 719. The molecule has 1 aliphatic carbocycles. The lowest BCUT2D eigenvalue weighted by atomic mass is 9.84. The molecule has 1 fully saturated rings. The first-order chi connectivity index (χ1) is 12.1. The molecule has 25 heavy (non-hydrogen) atoms. The summed E-state index contributed by atoms with van der Waals surface area (Å²) in [7, 11) is 1.67. The number of amides is 1. The maximum absolute atomic E-state index is 12.7. The van der Waals surface area contributed by atoms with Crippen molar-refractivity contribution in [1.82, 2.24) is 14.5 Å². The molecule has 1 aliphatic rings. The van der Waals surface area contributed by atoms with Crippen molar-refractivity contribution in [2.75, 3.05) is 7.11 Å². The highest BCUT2D eigenvalue weighted by molar-refractivity contribution is 5.79. The van der Waals surface area contributed by atoms with Crippen molar-refractivity contribution in [3.63, 3.8) is 0 Å². The molecular weight excluding hydrogens is 314 g/mol. The Morgan fingerprint density at radius 1 is 1.40 bits per heavy atom. The van der Waals surface area contributed by atoms with E-state index in [1.807, 2.05) is 35.5 Å². The quantitative estimate of drug-likeness (QED) is 0.775. The number of carbonyl (C=O) groups excluding carboxylic acids is 1. The Morgan fingerprint density at radius 2 is 2.20 bits per heavy atom. The minimum Gasteiger partial charge on any atom is -0.497 e. The summed E-state index contributed by atoms with van der Waals surface area (Å²) in [5, 5.41) is 0. The second-order valence-corrected chi connectivity index (χ2v) is 7.01. The van der Waals surface area contributed by atoms with Crippen molar-refractivity contribution in [3.8, 4) is 5.75 Å². The van der Waals surface area contributed by atoms with Crippen LogP contribution in [0.2, 0.25) is 0 Å². The molecule has 1 heterocycles. The fourth-order valence-electron chi connectivity index (χ4n) is 3.16. The molecule has 1 saturated carbocycles. The van der Waals surface area contributed by atoms with Crippen LogP contribution in [-0.4, -0.2) is 33.5 Å². The van der Waals surface area contributed by atoms with Gasteiger partial charge in [0.25, 0.3) is 0 Å². The average Bonchev–Trinajstić information content (AvgIpc) is 2.97. The number of benzene rings is 1. The Labute approximate surface area is 149 Å². The van der Waals surface area contributed by atoms with Gasteiger partial charge < -0.3 is 14.2 Å². The van der Waals surface area contributed by atoms with Crippen LogP contribution in [-0.2, 0) is 17.9 Å². The molecule has 1 aromatic carbocycles. The van der Waals surface area contributed by atoms with Crippen LogP contribution < -0.4 is 4.74 Å². The van der Waals surface area contributed by atoms with E-state index < -0.39 is 0 Å². The summed E-state index contributed by atoms with van der Waals surface area (Å²) in [6.07, 6.45) is 7.01. The van der Waals surface area contributed by atoms with Gasteiger partial charge in [0.1, 0.15) is 11.6 Å². The van der Waals surface area contributed by atoms with E-state index >= 15 is 0 Å². The highest BCUT2D eigenvalue weighted by atomic mass is 16.5. The van der Waals surface area contributed by atoms with Gasteiger partial charge in [-0.05, 0) is 44.4 Å². The van der Waals surface area contributed by atoms with Crippen LogP contribution in [0.5, 0.6) is 5.75 Å². The first-order valence-electron chi connectivity index (χ1n) is 9.02. The third-order valence-corrected chi connectivity index (χ3v) is 4.96. The van der Waals surface area contributed by atoms with Gasteiger partial charge in [0.15, 0.2) is 0 Å². The van der Waals surface area contributed by atoms with E-state index in [0.717, 1.165) is 36.5 Å². The Morgan fingerprint density at radius 3 is 2.84 bits per heavy atom. The standard InChI is InChI=1S/C20H27N3O2/c1-15(2)23(20(24)17-7-5-8-17)14-19-21-10-11-22(19)13-16-6-4-9-18(12-16)25-3/h4,6,9-12,15,17H,5,7-8,13-14H2,1-3H3. The normalized spacial score (nSPS) is 14.4. The Kier molecular flexibility index (Phi) is 5.41. The van der Waals surface area contributed by atoms with E-state index in [4.69, 9.17) is 4.74 Å². The van der Waals surface area contributed by atoms with Crippen molar-refractivity contribution < 1.29 is 9.53 Å². The third kappa shape index (κ3) is 4.03. The largest absolute Gasteiger partial charge is 0.497 e. The number of aromatic nitrogens is 2. The maximum atomic E-state index is 12.7. The molecule has 3 rings (SSSR count). The first kappa shape index (κ1) is 17.5. The zero-order chi connectivity index (χ0) is 17.8. The van der Waals surface area contributed by atoms with Crippen LogP contribution in [0, 0.1) is 5.92 Å². The molecule has 1 amide bonds. The smallest absolute Gasteiger partial charge is 0.226 e. The van der Waals surface area contributed by atoms with Crippen LogP contribution in [0.4, 0.5) is 0 Å². The molecule has 0 radical (unpaired) electrons. The molecular formula is C20H27N3O2. The van der Waals surface area contributed by atoms with E-state index in [1.165, 1.54) is 6.42 Å². The molecule has 0 bridgehead atoms. The molecule has 2 aromatic rings. The van der Waals surface area contributed by atoms with Crippen LogP contribution in [0.1, 0.15) is 44.5 Å². The maximum Gasteiger partial charge on any atom is 0.226 e. The first-order valence-corrected chi connectivity index (χ1v) is 9.02. The van der Waals surface area contributed by atoms with Gasteiger partial charge in [-0.2, -0.15) is 0 Å².